The highest BCUT2D eigenvalue weighted by molar-refractivity contribution is 6.05. The van der Waals surface area contributed by atoms with E-state index in [1.54, 1.807) is 0 Å². The van der Waals surface area contributed by atoms with Crippen LogP contribution in [0.25, 0.3) is 22.1 Å². The first-order chi connectivity index (χ1) is 10.7. The molecule has 1 aromatic carbocycles. The van der Waals surface area contributed by atoms with Crippen molar-refractivity contribution in [2.45, 2.75) is 12.8 Å². The number of aromatic nitrogens is 2. The Morgan fingerprint density at radius 2 is 2.18 bits per heavy atom. The summed E-state index contributed by atoms with van der Waals surface area (Å²) in [6, 6.07) is 7.73. The van der Waals surface area contributed by atoms with Gasteiger partial charge in [-0.15, -0.1) is 0 Å². The first-order valence-electron chi connectivity index (χ1n) is 7.34. The number of hydrogen-bond acceptors (Lipinski definition) is 5. The molecule has 0 radical (unpaired) electrons. The van der Waals surface area contributed by atoms with Gasteiger partial charge >= 0.3 is 5.97 Å². The number of carboxylic acids is 1. The molecule has 3 aromatic rings. The summed E-state index contributed by atoms with van der Waals surface area (Å²) in [7, 11) is 0. The Hall–Kier alpha value is -2.63. The molecule has 1 fully saturated rings. The fourth-order valence-electron chi connectivity index (χ4n) is 3.11. The first-order valence-corrected chi connectivity index (χ1v) is 7.34. The van der Waals surface area contributed by atoms with Gasteiger partial charge in [0.25, 0.3) is 0 Å². The predicted octanol–water partition coefficient (Wildman–Crippen LogP) is 2.68. The van der Waals surface area contributed by atoms with Crippen molar-refractivity contribution in [1.82, 2.24) is 9.97 Å². The first kappa shape index (κ1) is 13.1. The second-order valence-electron chi connectivity index (χ2n) is 5.60. The molecule has 112 valence electrons. The molecule has 1 aliphatic rings. The Labute approximate surface area is 126 Å². The van der Waals surface area contributed by atoms with Crippen LogP contribution in [0.15, 0.2) is 35.0 Å². The van der Waals surface area contributed by atoms with Crippen molar-refractivity contribution in [1.29, 1.82) is 0 Å². The van der Waals surface area contributed by atoms with E-state index in [0.717, 1.165) is 29.5 Å². The lowest BCUT2D eigenvalue weighted by Gasteiger charge is -2.31. The number of rotatable bonds is 2. The van der Waals surface area contributed by atoms with Crippen molar-refractivity contribution < 1.29 is 14.3 Å². The number of carbonyl (C=O) groups is 1. The van der Waals surface area contributed by atoms with E-state index in [-0.39, 0.29) is 5.92 Å². The molecular formula is C16H15N3O3. The van der Waals surface area contributed by atoms with Crippen molar-refractivity contribution in [2.75, 3.05) is 18.0 Å². The zero-order chi connectivity index (χ0) is 15.1. The minimum Gasteiger partial charge on any atom is -0.481 e. The van der Waals surface area contributed by atoms with Crippen molar-refractivity contribution in [3.63, 3.8) is 0 Å². The van der Waals surface area contributed by atoms with Crippen LogP contribution in [-0.2, 0) is 4.79 Å². The third-order valence-electron chi connectivity index (χ3n) is 4.21. The van der Waals surface area contributed by atoms with E-state index in [4.69, 9.17) is 4.42 Å². The number of piperidine rings is 1. The van der Waals surface area contributed by atoms with Gasteiger partial charge in [-0.1, -0.05) is 12.1 Å². The van der Waals surface area contributed by atoms with Crippen LogP contribution in [0.1, 0.15) is 12.8 Å². The Morgan fingerprint density at radius 1 is 1.32 bits per heavy atom. The van der Waals surface area contributed by atoms with Crippen molar-refractivity contribution >= 4 is 33.9 Å². The number of aliphatic carboxylic acids is 1. The second kappa shape index (κ2) is 4.98. The standard InChI is InChI=1S/C16H15N3O3/c20-16(21)10-4-3-7-19(8-10)15-14-13(17-9-18-15)11-5-1-2-6-12(11)22-14/h1-2,5-6,9-10H,3-4,7-8H2,(H,20,21). The summed E-state index contributed by atoms with van der Waals surface area (Å²) in [6.07, 6.45) is 3.06. The number of para-hydroxylation sites is 1. The number of carboxylic acid groups (broad SMARTS) is 1. The minimum absolute atomic E-state index is 0.358. The summed E-state index contributed by atoms with van der Waals surface area (Å²) in [6.45, 7) is 1.24. The highest BCUT2D eigenvalue weighted by Gasteiger charge is 2.28. The van der Waals surface area contributed by atoms with Gasteiger partial charge in [-0.25, -0.2) is 9.97 Å². The van der Waals surface area contributed by atoms with Crippen LogP contribution >= 0.6 is 0 Å². The lowest BCUT2D eigenvalue weighted by Crippen LogP contribution is -2.39. The van der Waals surface area contributed by atoms with Gasteiger partial charge < -0.3 is 14.4 Å². The van der Waals surface area contributed by atoms with Gasteiger partial charge in [0.2, 0.25) is 0 Å². The van der Waals surface area contributed by atoms with Gasteiger partial charge in [0, 0.05) is 18.5 Å². The van der Waals surface area contributed by atoms with E-state index in [1.807, 2.05) is 29.2 Å². The predicted molar refractivity (Wildman–Crippen MR) is 81.9 cm³/mol. The molecule has 0 spiro atoms. The number of nitrogens with zero attached hydrogens (tertiary/aromatic N) is 3. The van der Waals surface area contributed by atoms with Crippen molar-refractivity contribution in [3.05, 3.63) is 30.6 Å². The Kier molecular flexibility index (Phi) is 2.96. The van der Waals surface area contributed by atoms with E-state index >= 15 is 0 Å². The zero-order valence-corrected chi connectivity index (χ0v) is 11.9. The van der Waals surface area contributed by atoms with Gasteiger partial charge in [0.1, 0.15) is 17.4 Å². The van der Waals surface area contributed by atoms with Crippen molar-refractivity contribution in [3.8, 4) is 0 Å². The number of fused-ring (bicyclic) bond motifs is 3. The number of benzene rings is 1. The third-order valence-corrected chi connectivity index (χ3v) is 4.21. The van der Waals surface area contributed by atoms with Gasteiger partial charge in [-0.2, -0.15) is 0 Å². The molecule has 0 bridgehead atoms. The summed E-state index contributed by atoms with van der Waals surface area (Å²) < 4.78 is 5.92. The monoisotopic (exact) mass is 297 g/mol. The highest BCUT2D eigenvalue weighted by Crippen LogP contribution is 2.33. The van der Waals surface area contributed by atoms with Crippen LogP contribution in [-0.4, -0.2) is 34.1 Å². The molecular weight excluding hydrogens is 282 g/mol. The van der Waals surface area contributed by atoms with Crippen LogP contribution < -0.4 is 4.90 Å². The molecule has 0 amide bonds. The highest BCUT2D eigenvalue weighted by atomic mass is 16.4. The average Bonchev–Trinajstić information content (AvgIpc) is 2.93. The van der Waals surface area contributed by atoms with E-state index in [9.17, 15) is 9.90 Å². The largest absolute Gasteiger partial charge is 0.481 e. The fourth-order valence-corrected chi connectivity index (χ4v) is 3.11. The van der Waals surface area contributed by atoms with E-state index < -0.39 is 5.97 Å². The van der Waals surface area contributed by atoms with Crippen LogP contribution in [0.4, 0.5) is 5.82 Å². The molecule has 1 unspecified atom stereocenters. The third kappa shape index (κ3) is 1.99. The summed E-state index contributed by atoms with van der Waals surface area (Å²) in [5.74, 6) is -0.421. The maximum atomic E-state index is 11.3. The lowest BCUT2D eigenvalue weighted by molar-refractivity contribution is -0.141. The quantitative estimate of drug-likeness (QED) is 0.783. The molecule has 6 nitrogen and oxygen atoms in total. The van der Waals surface area contributed by atoms with Gasteiger partial charge in [0.05, 0.1) is 5.92 Å². The Bertz CT molecular complexity index is 858. The number of furan rings is 1. The zero-order valence-electron chi connectivity index (χ0n) is 11.9. The molecule has 1 saturated heterocycles. The average molecular weight is 297 g/mol. The molecule has 1 atom stereocenters. The summed E-state index contributed by atoms with van der Waals surface area (Å²) >= 11 is 0. The molecule has 0 saturated carbocycles. The molecule has 0 aliphatic carbocycles. The summed E-state index contributed by atoms with van der Waals surface area (Å²) in [5.41, 5.74) is 2.18. The van der Waals surface area contributed by atoms with Gasteiger partial charge in [-0.3, -0.25) is 4.79 Å². The van der Waals surface area contributed by atoms with Crippen LogP contribution in [0.5, 0.6) is 0 Å². The molecule has 1 aliphatic heterocycles. The van der Waals surface area contributed by atoms with E-state index in [2.05, 4.69) is 9.97 Å². The van der Waals surface area contributed by atoms with Crippen molar-refractivity contribution in [2.24, 2.45) is 5.92 Å². The summed E-state index contributed by atoms with van der Waals surface area (Å²) in [5, 5.41) is 10.2. The topological polar surface area (TPSA) is 79.5 Å². The van der Waals surface area contributed by atoms with Gasteiger partial charge in [0.15, 0.2) is 11.4 Å². The molecule has 3 heterocycles. The molecule has 6 heteroatoms. The maximum Gasteiger partial charge on any atom is 0.308 e. The number of hydrogen-bond donors (Lipinski definition) is 1. The fraction of sp³-hybridized carbons (Fsp3) is 0.312. The van der Waals surface area contributed by atoms with E-state index in [1.165, 1.54) is 6.33 Å². The maximum absolute atomic E-state index is 11.3. The van der Waals surface area contributed by atoms with E-state index in [0.29, 0.717) is 24.4 Å². The normalized spacial score (nSPS) is 18.9. The Balaban J connectivity index is 1.83. The molecule has 2 aromatic heterocycles. The van der Waals surface area contributed by atoms with Crippen LogP contribution in [0.3, 0.4) is 0 Å². The Morgan fingerprint density at radius 3 is 3.05 bits per heavy atom. The van der Waals surface area contributed by atoms with Crippen LogP contribution in [0, 0.1) is 5.92 Å². The molecule has 4 rings (SSSR count). The van der Waals surface area contributed by atoms with Gasteiger partial charge in [-0.05, 0) is 25.0 Å². The number of anilines is 1. The lowest BCUT2D eigenvalue weighted by atomic mass is 9.98. The second-order valence-corrected chi connectivity index (χ2v) is 5.60. The summed E-state index contributed by atoms with van der Waals surface area (Å²) in [4.78, 5) is 21.9. The SMILES string of the molecule is O=C(O)C1CCCN(c2ncnc3c2oc2ccccc23)C1. The molecule has 1 N–H and O–H groups in total. The van der Waals surface area contributed by atoms with Crippen LogP contribution in [0.2, 0.25) is 0 Å². The smallest absolute Gasteiger partial charge is 0.308 e. The minimum atomic E-state index is -0.750. The molecule has 22 heavy (non-hydrogen) atoms.